The zero-order valence-corrected chi connectivity index (χ0v) is 14.4. The molecular formula is C21H19N3O2. The van der Waals surface area contributed by atoms with Crippen LogP contribution < -0.4 is 10.2 Å². The molecule has 0 unspecified atom stereocenters. The molecule has 5 heteroatoms. The number of rotatable bonds is 6. The molecule has 0 aliphatic rings. The minimum Gasteiger partial charge on any atom is -0.489 e. The SMILES string of the molecule is Cc1ccc(C(=O)N/N=C/c2cccc(OCc3ccccc3)c2)cn1. The molecule has 0 spiro atoms. The van der Waals surface area contributed by atoms with E-state index in [2.05, 4.69) is 15.5 Å². The van der Waals surface area contributed by atoms with Crippen LogP contribution >= 0.6 is 0 Å². The number of aromatic nitrogens is 1. The number of hydrazone groups is 1. The van der Waals surface area contributed by atoms with Crippen molar-refractivity contribution in [3.63, 3.8) is 0 Å². The average Bonchev–Trinajstić information content (AvgIpc) is 2.68. The Morgan fingerprint density at radius 1 is 1.12 bits per heavy atom. The summed E-state index contributed by atoms with van der Waals surface area (Å²) < 4.78 is 5.78. The highest BCUT2D eigenvalue weighted by molar-refractivity contribution is 5.94. The molecule has 0 aliphatic carbocycles. The summed E-state index contributed by atoms with van der Waals surface area (Å²) in [6.45, 7) is 2.37. The lowest BCUT2D eigenvalue weighted by Crippen LogP contribution is -2.17. The molecule has 0 fully saturated rings. The third-order valence-corrected chi connectivity index (χ3v) is 3.66. The van der Waals surface area contributed by atoms with Crippen LogP contribution in [0.25, 0.3) is 0 Å². The number of benzene rings is 2. The number of nitrogens with one attached hydrogen (secondary N) is 1. The number of aryl methyl sites for hydroxylation is 1. The standard InChI is InChI=1S/C21H19N3O2/c1-16-10-11-19(14-22-16)21(25)24-23-13-18-8-5-9-20(12-18)26-15-17-6-3-2-4-7-17/h2-14H,15H2,1H3,(H,24,25)/b23-13+. The van der Waals surface area contributed by atoms with E-state index < -0.39 is 0 Å². The van der Waals surface area contributed by atoms with Crippen LogP contribution in [-0.2, 0) is 6.61 Å². The van der Waals surface area contributed by atoms with Crippen LogP contribution in [0.4, 0.5) is 0 Å². The fraction of sp³-hybridized carbons (Fsp3) is 0.0952. The topological polar surface area (TPSA) is 63.6 Å². The van der Waals surface area contributed by atoms with Gasteiger partial charge in [0, 0.05) is 11.9 Å². The lowest BCUT2D eigenvalue weighted by molar-refractivity contribution is 0.0955. The van der Waals surface area contributed by atoms with Gasteiger partial charge in [0.15, 0.2) is 0 Å². The normalized spacial score (nSPS) is 10.7. The van der Waals surface area contributed by atoms with E-state index in [0.717, 1.165) is 22.6 Å². The summed E-state index contributed by atoms with van der Waals surface area (Å²) in [5.74, 6) is 0.442. The molecule has 130 valence electrons. The van der Waals surface area contributed by atoms with Gasteiger partial charge in [-0.25, -0.2) is 5.43 Å². The second-order valence-corrected chi connectivity index (χ2v) is 5.73. The molecule has 0 radical (unpaired) electrons. The van der Waals surface area contributed by atoms with Crippen molar-refractivity contribution in [2.45, 2.75) is 13.5 Å². The predicted octanol–water partition coefficient (Wildman–Crippen LogP) is 3.73. The van der Waals surface area contributed by atoms with Crippen molar-refractivity contribution < 1.29 is 9.53 Å². The van der Waals surface area contributed by atoms with Crippen molar-refractivity contribution in [1.29, 1.82) is 0 Å². The predicted molar refractivity (Wildman–Crippen MR) is 101 cm³/mol. The summed E-state index contributed by atoms with van der Waals surface area (Å²) in [5.41, 5.74) is 5.75. The van der Waals surface area contributed by atoms with E-state index in [9.17, 15) is 4.79 Å². The smallest absolute Gasteiger partial charge is 0.272 e. The molecule has 0 bridgehead atoms. The van der Waals surface area contributed by atoms with Crippen molar-refractivity contribution in [2.75, 3.05) is 0 Å². The molecule has 3 rings (SSSR count). The van der Waals surface area contributed by atoms with Crippen molar-refractivity contribution >= 4 is 12.1 Å². The van der Waals surface area contributed by atoms with Crippen molar-refractivity contribution in [3.05, 3.63) is 95.3 Å². The minimum absolute atomic E-state index is 0.301. The zero-order valence-electron chi connectivity index (χ0n) is 14.4. The van der Waals surface area contributed by atoms with Gasteiger partial charge < -0.3 is 4.74 Å². The van der Waals surface area contributed by atoms with Crippen LogP contribution in [0.15, 0.2) is 78.0 Å². The summed E-state index contributed by atoms with van der Waals surface area (Å²) >= 11 is 0. The van der Waals surface area contributed by atoms with E-state index in [1.807, 2.05) is 61.5 Å². The Morgan fingerprint density at radius 2 is 1.96 bits per heavy atom. The number of hydrogen-bond acceptors (Lipinski definition) is 4. The Hall–Kier alpha value is -3.47. The van der Waals surface area contributed by atoms with Gasteiger partial charge in [-0.1, -0.05) is 42.5 Å². The van der Waals surface area contributed by atoms with Gasteiger partial charge in [-0.3, -0.25) is 9.78 Å². The fourth-order valence-electron chi connectivity index (χ4n) is 2.26. The van der Waals surface area contributed by atoms with Gasteiger partial charge in [0.25, 0.3) is 5.91 Å². The molecule has 26 heavy (non-hydrogen) atoms. The highest BCUT2D eigenvalue weighted by Crippen LogP contribution is 2.14. The largest absolute Gasteiger partial charge is 0.489 e. The number of pyridine rings is 1. The maximum Gasteiger partial charge on any atom is 0.272 e. The molecule has 0 aliphatic heterocycles. The lowest BCUT2D eigenvalue weighted by atomic mass is 10.2. The van der Waals surface area contributed by atoms with Gasteiger partial charge in [0.05, 0.1) is 11.8 Å². The van der Waals surface area contributed by atoms with E-state index in [-0.39, 0.29) is 5.91 Å². The monoisotopic (exact) mass is 345 g/mol. The Kier molecular flexibility index (Phi) is 5.72. The number of carbonyl (C=O) groups excluding carboxylic acids is 1. The van der Waals surface area contributed by atoms with Crippen molar-refractivity contribution in [2.24, 2.45) is 5.10 Å². The van der Waals surface area contributed by atoms with Gasteiger partial charge in [-0.05, 0) is 42.3 Å². The molecule has 0 atom stereocenters. The molecule has 3 aromatic rings. The lowest BCUT2D eigenvalue weighted by Gasteiger charge is -2.06. The van der Waals surface area contributed by atoms with Crippen LogP contribution in [0.2, 0.25) is 0 Å². The van der Waals surface area contributed by atoms with Gasteiger partial charge in [-0.2, -0.15) is 5.10 Å². The second-order valence-electron chi connectivity index (χ2n) is 5.73. The molecule has 5 nitrogen and oxygen atoms in total. The average molecular weight is 345 g/mol. The number of ether oxygens (including phenoxy) is 1. The van der Waals surface area contributed by atoms with E-state index >= 15 is 0 Å². The summed E-state index contributed by atoms with van der Waals surface area (Å²) in [4.78, 5) is 16.1. The van der Waals surface area contributed by atoms with E-state index in [0.29, 0.717) is 12.2 Å². The van der Waals surface area contributed by atoms with Gasteiger partial charge >= 0.3 is 0 Å². The van der Waals surface area contributed by atoms with E-state index in [4.69, 9.17) is 4.74 Å². The number of hydrogen-bond donors (Lipinski definition) is 1. The first kappa shape index (κ1) is 17.4. The summed E-state index contributed by atoms with van der Waals surface area (Å²) in [7, 11) is 0. The van der Waals surface area contributed by atoms with Crippen LogP contribution in [-0.4, -0.2) is 17.1 Å². The van der Waals surface area contributed by atoms with Gasteiger partial charge in [0.1, 0.15) is 12.4 Å². The Labute approximate surface area is 152 Å². The van der Waals surface area contributed by atoms with E-state index in [1.165, 1.54) is 6.20 Å². The van der Waals surface area contributed by atoms with Gasteiger partial charge in [0.2, 0.25) is 0 Å². The first-order chi connectivity index (χ1) is 12.7. The molecule has 1 aromatic heterocycles. The highest BCUT2D eigenvalue weighted by Gasteiger charge is 2.03. The third-order valence-electron chi connectivity index (χ3n) is 3.66. The molecule has 1 heterocycles. The van der Waals surface area contributed by atoms with E-state index in [1.54, 1.807) is 18.3 Å². The Bertz CT molecular complexity index is 891. The highest BCUT2D eigenvalue weighted by atomic mass is 16.5. The maximum absolute atomic E-state index is 12.0. The fourth-order valence-corrected chi connectivity index (χ4v) is 2.26. The van der Waals surface area contributed by atoms with Crippen LogP contribution in [0.5, 0.6) is 5.75 Å². The number of amides is 1. The first-order valence-electron chi connectivity index (χ1n) is 8.23. The number of carbonyl (C=O) groups is 1. The van der Waals surface area contributed by atoms with Crippen LogP contribution in [0, 0.1) is 6.92 Å². The summed E-state index contributed by atoms with van der Waals surface area (Å²) in [5, 5.41) is 3.99. The molecule has 1 amide bonds. The van der Waals surface area contributed by atoms with Crippen LogP contribution in [0.1, 0.15) is 27.2 Å². The quantitative estimate of drug-likeness (QED) is 0.547. The first-order valence-corrected chi connectivity index (χ1v) is 8.23. The maximum atomic E-state index is 12.0. The molecule has 2 aromatic carbocycles. The third kappa shape index (κ3) is 5.01. The van der Waals surface area contributed by atoms with Crippen molar-refractivity contribution in [3.8, 4) is 5.75 Å². The van der Waals surface area contributed by atoms with Crippen LogP contribution in [0.3, 0.4) is 0 Å². The van der Waals surface area contributed by atoms with Crippen molar-refractivity contribution in [1.82, 2.24) is 10.4 Å². The molecule has 0 saturated heterocycles. The zero-order chi connectivity index (χ0) is 18.2. The minimum atomic E-state index is -0.301. The molecule has 1 N–H and O–H groups in total. The Morgan fingerprint density at radius 3 is 2.73 bits per heavy atom. The number of nitrogens with zero attached hydrogens (tertiary/aromatic N) is 2. The second kappa shape index (κ2) is 8.58. The summed E-state index contributed by atoms with van der Waals surface area (Å²) in [6.07, 6.45) is 3.10. The van der Waals surface area contributed by atoms with Gasteiger partial charge in [-0.15, -0.1) is 0 Å². The summed E-state index contributed by atoms with van der Waals surface area (Å²) in [6, 6.07) is 21.0. The Balaban J connectivity index is 1.56. The molecular weight excluding hydrogens is 326 g/mol. The molecule has 0 saturated carbocycles.